The third-order valence-corrected chi connectivity index (χ3v) is 2.37. The normalized spacial score (nSPS) is 16.2. The Hall–Kier alpha value is -0.120. The average Bonchev–Trinajstić information content (AvgIpc) is 2.11. The molecule has 0 aromatic heterocycles. The van der Waals surface area contributed by atoms with Gasteiger partial charge in [0, 0.05) is 13.1 Å². The maximum atomic E-state index is 9.65. The van der Waals surface area contributed by atoms with E-state index in [1.54, 1.807) is 6.92 Å². The quantitative estimate of drug-likeness (QED) is 0.622. The van der Waals surface area contributed by atoms with Gasteiger partial charge in [-0.2, -0.15) is 0 Å². The molecule has 0 aliphatic carbocycles. The van der Waals surface area contributed by atoms with Crippen LogP contribution < -0.4 is 5.73 Å². The molecule has 13 heavy (non-hydrogen) atoms. The SMILES string of the molecule is CCCCN(C)CCC(C)(O)CN. The van der Waals surface area contributed by atoms with E-state index in [-0.39, 0.29) is 0 Å². The van der Waals surface area contributed by atoms with Crippen LogP contribution in [0, 0.1) is 0 Å². The summed E-state index contributed by atoms with van der Waals surface area (Å²) in [5, 5.41) is 9.65. The second-order valence-electron chi connectivity index (χ2n) is 4.11. The summed E-state index contributed by atoms with van der Waals surface area (Å²) in [6.45, 7) is 6.35. The zero-order chi connectivity index (χ0) is 10.3. The van der Waals surface area contributed by atoms with Crippen molar-refractivity contribution in [2.75, 3.05) is 26.7 Å². The van der Waals surface area contributed by atoms with Crippen LogP contribution in [0.4, 0.5) is 0 Å². The van der Waals surface area contributed by atoms with Gasteiger partial charge in [0.15, 0.2) is 0 Å². The number of aliphatic hydroxyl groups is 1. The summed E-state index contributed by atoms with van der Waals surface area (Å²) in [7, 11) is 2.09. The predicted molar refractivity (Wildman–Crippen MR) is 56.7 cm³/mol. The van der Waals surface area contributed by atoms with Crippen molar-refractivity contribution in [2.24, 2.45) is 5.73 Å². The molecule has 0 saturated heterocycles. The van der Waals surface area contributed by atoms with E-state index in [1.165, 1.54) is 12.8 Å². The lowest BCUT2D eigenvalue weighted by atomic mass is 10.0. The highest BCUT2D eigenvalue weighted by molar-refractivity contribution is 4.74. The van der Waals surface area contributed by atoms with Crippen LogP contribution in [0.1, 0.15) is 33.1 Å². The molecule has 3 heteroatoms. The molecule has 0 aromatic rings. The topological polar surface area (TPSA) is 49.5 Å². The van der Waals surface area contributed by atoms with Crippen LogP contribution >= 0.6 is 0 Å². The van der Waals surface area contributed by atoms with E-state index >= 15 is 0 Å². The molecular formula is C10H24N2O. The molecule has 0 aliphatic rings. The third-order valence-electron chi connectivity index (χ3n) is 2.37. The lowest BCUT2D eigenvalue weighted by Gasteiger charge is -2.24. The second kappa shape index (κ2) is 6.35. The molecule has 80 valence electrons. The highest BCUT2D eigenvalue weighted by atomic mass is 16.3. The smallest absolute Gasteiger partial charge is 0.0753 e. The molecule has 0 radical (unpaired) electrons. The molecule has 0 aliphatic heterocycles. The minimum atomic E-state index is -0.694. The highest BCUT2D eigenvalue weighted by Crippen LogP contribution is 2.07. The van der Waals surface area contributed by atoms with Crippen molar-refractivity contribution in [1.82, 2.24) is 4.90 Å². The van der Waals surface area contributed by atoms with Gasteiger partial charge in [-0.05, 0) is 33.4 Å². The van der Waals surface area contributed by atoms with Gasteiger partial charge in [-0.15, -0.1) is 0 Å². The Kier molecular flexibility index (Phi) is 6.29. The van der Waals surface area contributed by atoms with E-state index < -0.39 is 5.60 Å². The van der Waals surface area contributed by atoms with E-state index in [2.05, 4.69) is 18.9 Å². The zero-order valence-electron chi connectivity index (χ0n) is 9.21. The van der Waals surface area contributed by atoms with E-state index in [0.29, 0.717) is 6.54 Å². The van der Waals surface area contributed by atoms with Crippen LogP contribution in [0.5, 0.6) is 0 Å². The van der Waals surface area contributed by atoms with Crippen molar-refractivity contribution in [1.29, 1.82) is 0 Å². The molecule has 1 unspecified atom stereocenters. The molecule has 0 bridgehead atoms. The number of nitrogens with two attached hydrogens (primary N) is 1. The Morgan fingerprint density at radius 1 is 1.38 bits per heavy atom. The number of nitrogens with zero attached hydrogens (tertiary/aromatic N) is 1. The van der Waals surface area contributed by atoms with Crippen molar-refractivity contribution in [3.63, 3.8) is 0 Å². The van der Waals surface area contributed by atoms with Crippen molar-refractivity contribution >= 4 is 0 Å². The van der Waals surface area contributed by atoms with Gasteiger partial charge in [0.25, 0.3) is 0 Å². The molecular weight excluding hydrogens is 164 g/mol. The van der Waals surface area contributed by atoms with Gasteiger partial charge < -0.3 is 15.7 Å². The Balaban J connectivity index is 3.51. The molecule has 1 atom stereocenters. The first kappa shape index (κ1) is 12.9. The van der Waals surface area contributed by atoms with Gasteiger partial charge in [-0.3, -0.25) is 0 Å². The summed E-state index contributed by atoms with van der Waals surface area (Å²) in [6, 6.07) is 0. The summed E-state index contributed by atoms with van der Waals surface area (Å²) in [5.74, 6) is 0. The third kappa shape index (κ3) is 6.99. The van der Waals surface area contributed by atoms with E-state index in [0.717, 1.165) is 19.5 Å². The first-order valence-corrected chi connectivity index (χ1v) is 5.13. The first-order valence-electron chi connectivity index (χ1n) is 5.13. The fraction of sp³-hybridized carbons (Fsp3) is 1.00. The van der Waals surface area contributed by atoms with Crippen LogP contribution in [0.25, 0.3) is 0 Å². The van der Waals surface area contributed by atoms with Gasteiger partial charge in [0.1, 0.15) is 0 Å². The monoisotopic (exact) mass is 188 g/mol. The van der Waals surface area contributed by atoms with Gasteiger partial charge in [0.05, 0.1) is 5.60 Å². The van der Waals surface area contributed by atoms with Crippen molar-refractivity contribution in [3.05, 3.63) is 0 Å². The fourth-order valence-electron chi connectivity index (χ4n) is 1.07. The van der Waals surface area contributed by atoms with Crippen molar-refractivity contribution < 1.29 is 5.11 Å². The van der Waals surface area contributed by atoms with E-state index in [9.17, 15) is 5.11 Å². The molecule has 3 nitrogen and oxygen atoms in total. The predicted octanol–water partition coefficient (Wildman–Crippen LogP) is 0.818. The van der Waals surface area contributed by atoms with Gasteiger partial charge in [0.2, 0.25) is 0 Å². The fourth-order valence-corrected chi connectivity index (χ4v) is 1.07. The Bertz CT molecular complexity index is 126. The van der Waals surface area contributed by atoms with Crippen LogP contribution in [-0.2, 0) is 0 Å². The number of unbranched alkanes of at least 4 members (excludes halogenated alkanes) is 1. The molecule has 0 saturated carbocycles. The average molecular weight is 188 g/mol. The molecule has 0 fully saturated rings. The highest BCUT2D eigenvalue weighted by Gasteiger charge is 2.17. The maximum Gasteiger partial charge on any atom is 0.0753 e. The Labute approximate surface area is 81.9 Å². The van der Waals surface area contributed by atoms with Crippen molar-refractivity contribution in [2.45, 2.75) is 38.7 Å². The zero-order valence-corrected chi connectivity index (χ0v) is 9.21. The van der Waals surface area contributed by atoms with Crippen LogP contribution in [0.15, 0.2) is 0 Å². The van der Waals surface area contributed by atoms with E-state index in [1.807, 2.05) is 0 Å². The molecule has 0 aromatic carbocycles. The van der Waals surface area contributed by atoms with Crippen LogP contribution in [-0.4, -0.2) is 42.3 Å². The van der Waals surface area contributed by atoms with Crippen molar-refractivity contribution in [3.8, 4) is 0 Å². The summed E-state index contributed by atoms with van der Waals surface area (Å²) in [4.78, 5) is 2.24. The molecule has 3 N–H and O–H groups in total. The Morgan fingerprint density at radius 2 is 2.00 bits per heavy atom. The lowest BCUT2D eigenvalue weighted by Crippen LogP contribution is -2.38. The number of hydrogen-bond donors (Lipinski definition) is 2. The van der Waals surface area contributed by atoms with Gasteiger partial charge in [-0.1, -0.05) is 13.3 Å². The standard InChI is InChI=1S/C10H24N2O/c1-4-5-7-12(3)8-6-10(2,13)9-11/h13H,4-9,11H2,1-3H3. The maximum absolute atomic E-state index is 9.65. The van der Waals surface area contributed by atoms with Crippen LogP contribution in [0.2, 0.25) is 0 Å². The number of hydrogen-bond acceptors (Lipinski definition) is 3. The summed E-state index contributed by atoms with van der Waals surface area (Å²) in [6.07, 6.45) is 3.20. The largest absolute Gasteiger partial charge is 0.389 e. The minimum Gasteiger partial charge on any atom is -0.389 e. The van der Waals surface area contributed by atoms with E-state index in [4.69, 9.17) is 5.73 Å². The Morgan fingerprint density at radius 3 is 2.46 bits per heavy atom. The lowest BCUT2D eigenvalue weighted by molar-refractivity contribution is 0.0503. The second-order valence-corrected chi connectivity index (χ2v) is 4.11. The van der Waals surface area contributed by atoms with Gasteiger partial charge in [-0.25, -0.2) is 0 Å². The molecule has 0 rings (SSSR count). The number of rotatable bonds is 7. The minimum absolute atomic E-state index is 0.342. The summed E-state index contributed by atoms with van der Waals surface area (Å²) in [5.41, 5.74) is 4.73. The summed E-state index contributed by atoms with van der Waals surface area (Å²) < 4.78 is 0. The van der Waals surface area contributed by atoms with Gasteiger partial charge >= 0.3 is 0 Å². The molecule has 0 spiro atoms. The summed E-state index contributed by atoms with van der Waals surface area (Å²) >= 11 is 0. The first-order chi connectivity index (χ1) is 6.02. The molecule has 0 amide bonds. The van der Waals surface area contributed by atoms with Crippen LogP contribution in [0.3, 0.4) is 0 Å². The molecule has 0 heterocycles.